The average Bonchev–Trinajstić information content (AvgIpc) is 2.51. The zero-order valence-electron chi connectivity index (χ0n) is 11.5. The van der Waals surface area contributed by atoms with Gasteiger partial charge in [0.2, 0.25) is 5.88 Å². The van der Waals surface area contributed by atoms with Crippen molar-refractivity contribution in [1.82, 2.24) is 15.0 Å². The van der Waals surface area contributed by atoms with Crippen LogP contribution >= 0.6 is 0 Å². The SMILES string of the molecule is FC(F)c1cc(NCc2ccnc(OCC(F)(F)F)c2)ncn1. The maximum Gasteiger partial charge on any atom is 0.422 e. The molecule has 0 radical (unpaired) electrons. The smallest absolute Gasteiger partial charge is 0.422 e. The van der Waals surface area contributed by atoms with E-state index >= 15 is 0 Å². The predicted molar refractivity (Wildman–Crippen MR) is 70.1 cm³/mol. The monoisotopic (exact) mass is 334 g/mol. The summed E-state index contributed by atoms with van der Waals surface area (Å²) in [6.45, 7) is -1.30. The van der Waals surface area contributed by atoms with E-state index in [0.29, 0.717) is 5.56 Å². The lowest BCUT2D eigenvalue weighted by molar-refractivity contribution is -0.154. The largest absolute Gasteiger partial charge is 0.468 e. The number of alkyl halides is 5. The lowest BCUT2D eigenvalue weighted by atomic mass is 10.2. The van der Waals surface area contributed by atoms with Gasteiger partial charge in [0, 0.05) is 24.9 Å². The number of nitrogens with zero attached hydrogens (tertiary/aromatic N) is 3. The van der Waals surface area contributed by atoms with Gasteiger partial charge >= 0.3 is 6.18 Å². The fourth-order valence-electron chi connectivity index (χ4n) is 1.58. The van der Waals surface area contributed by atoms with Crippen molar-refractivity contribution in [1.29, 1.82) is 0 Å². The predicted octanol–water partition coefficient (Wildman–Crippen LogP) is 3.36. The Bertz CT molecular complexity index is 650. The maximum absolute atomic E-state index is 12.5. The third-order valence-corrected chi connectivity index (χ3v) is 2.57. The molecule has 0 amide bonds. The van der Waals surface area contributed by atoms with Gasteiger partial charge in [-0.1, -0.05) is 0 Å². The van der Waals surface area contributed by atoms with Crippen molar-refractivity contribution >= 4 is 5.82 Å². The van der Waals surface area contributed by atoms with E-state index in [9.17, 15) is 22.0 Å². The molecule has 2 rings (SSSR count). The van der Waals surface area contributed by atoms with Gasteiger partial charge in [0.15, 0.2) is 6.61 Å². The van der Waals surface area contributed by atoms with E-state index in [1.165, 1.54) is 12.3 Å². The Balaban J connectivity index is 1.97. The molecule has 0 aliphatic rings. The first-order chi connectivity index (χ1) is 10.8. The number of aromatic nitrogens is 3. The summed E-state index contributed by atoms with van der Waals surface area (Å²) in [6, 6.07) is 3.95. The molecule has 0 spiro atoms. The van der Waals surface area contributed by atoms with Crippen LogP contribution in [-0.4, -0.2) is 27.7 Å². The molecule has 0 aliphatic carbocycles. The number of rotatable bonds is 6. The molecule has 23 heavy (non-hydrogen) atoms. The van der Waals surface area contributed by atoms with Crippen molar-refractivity contribution in [2.24, 2.45) is 0 Å². The first-order valence-corrected chi connectivity index (χ1v) is 6.32. The second-order valence-electron chi connectivity index (χ2n) is 4.39. The molecule has 0 aliphatic heterocycles. The Morgan fingerprint density at radius 2 is 1.91 bits per heavy atom. The van der Waals surface area contributed by atoms with Crippen LogP contribution in [0.4, 0.5) is 27.8 Å². The number of hydrogen-bond acceptors (Lipinski definition) is 5. The second-order valence-corrected chi connectivity index (χ2v) is 4.39. The minimum Gasteiger partial charge on any atom is -0.468 e. The molecule has 124 valence electrons. The van der Waals surface area contributed by atoms with Crippen LogP contribution in [0.1, 0.15) is 17.7 Å². The Morgan fingerprint density at radius 3 is 2.61 bits per heavy atom. The van der Waals surface area contributed by atoms with E-state index in [1.807, 2.05) is 0 Å². The standard InChI is InChI=1S/C13H11F5N4O/c14-12(15)9-4-10(22-7-21-9)20-5-8-1-2-19-11(3-8)23-6-13(16,17)18/h1-4,7,12H,5-6H2,(H,20,21,22). The summed E-state index contributed by atoms with van der Waals surface area (Å²) in [7, 11) is 0. The number of nitrogens with one attached hydrogen (secondary N) is 1. The quantitative estimate of drug-likeness (QED) is 0.821. The second kappa shape index (κ2) is 7.16. The first-order valence-electron chi connectivity index (χ1n) is 6.32. The minimum atomic E-state index is -4.46. The van der Waals surface area contributed by atoms with Gasteiger partial charge in [-0.25, -0.2) is 23.7 Å². The van der Waals surface area contributed by atoms with Gasteiger partial charge in [-0.2, -0.15) is 13.2 Å². The zero-order valence-corrected chi connectivity index (χ0v) is 11.5. The summed E-state index contributed by atoms with van der Waals surface area (Å²) >= 11 is 0. The Kier molecular flexibility index (Phi) is 5.24. The van der Waals surface area contributed by atoms with Crippen LogP contribution in [0, 0.1) is 0 Å². The van der Waals surface area contributed by atoms with E-state index in [4.69, 9.17) is 0 Å². The van der Waals surface area contributed by atoms with E-state index in [1.54, 1.807) is 6.07 Å². The Labute approximate surface area is 127 Å². The highest BCUT2D eigenvalue weighted by Crippen LogP contribution is 2.19. The number of anilines is 1. The third-order valence-electron chi connectivity index (χ3n) is 2.57. The highest BCUT2D eigenvalue weighted by Gasteiger charge is 2.28. The van der Waals surface area contributed by atoms with Gasteiger partial charge in [-0.15, -0.1) is 0 Å². The Hall–Kier alpha value is -2.52. The molecule has 0 aromatic carbocycles. The normalized spacial score (nSPS) is 11.6. The van der Waals surface area contributed by atoms with Crippen LogP contribution in [0.3, 0.4) is 0 Å². The van der Waals surface area contributed by atoms with E-state index in [2.05, 4.69) is 25.0 Å². The van der Waals surface area contributed by atoms with Crippen LogP contribution in [0.25, 0.3) is 0 Å². The lowest BCUT2D eigenvalue weighted by Crippen LogP contribution is -2.19. The highest BCUT2D eigenvalue weighted by atomic mass is 19.4. The van der Waals surface area contributed by atoms with E-state index in [0.717, 1.165) is 12.4 Å². The molecule has 2 aromatic rings. The summed E-state index contributed by atoms with van der Waals surface area (Å²) in [5, 5.41) is 2.77. The van der Waals surface area contributed by atoms with Gasteiger partial charge in [-0.3, -0.25) is 0 Å². The van der Waals surface area contributed by atoms with Crippen molar-refractivity contribution in [3.05, 3.63) is 42.0 Å². The topological polar surface area (TPSA) is 59.9 Å². The molecule has 0 unspecified atom stereocenters. The van der Waals surface area contributed by atoms with Crippen LogP contribution in [0.2, 0.25) is 0 Å². The average molecular weight is 334 g/mol. The van der Waals surface area contributed by atoms with E-state index < -0.39 is 24.9 Å². The first kappa shape index (κ1) is 16.8. The van der Waals surface area contributed by atoms with Crippen molar-refractivity contribution in [2.75, 3.05) is 11.9 Å². The molecule has 10 heteroatoms. The lowest BCUT2D eigenvalue weighted by Gasteiger charge is -2.10. The number of hydrogen-bond donors (Lipinski definition) is 1. The molecule has 2 aromatic heterocycles. The van der Waals surface area contributed by atoms with Crippen molar-refractivity contribution in [2.45, 2.75) is 19.1 Å². The fourth-order valence-corrected chi connectivity index (χ4v) is 1.58. The molecule has 0 atom stereocenters. The molecule has 1 N–H and O–H groups in total. The summed E-state index contributed by atoms with van der Waals surface area (Å²) in [5.41, 5.74) is 0.126. The van der Waals surface area contributed by atoms with Crippen LogP contribution in [0.5, 0.6) is 5.88 Å². The summed E-state index contributed by atoms with van der Waals surface area (Å²) in [4.78, 5) is 10.9. The van der Waals surface area contributed by atoms with E-state index in [-0.39, 0.29) is 18.2 Å². The number of ether oxygens (including phenoxy) is 1. The van der Waals surface area contributed by atoms with Gasteiger partial charge in [0.1, 0.15) is 17.8 Å². The Morgan fingerprint density at radius 1 is 1.13 bits per heavy atom. The van der Waals surface area contributed by atoms with Crippen molar-refractivity contribution in [3.8, 4) is 5.88 Å². The van der Waals surface area contributed by atoms with Gasteiger partial charge in [0.05, 0.1) is 0 Å². The molecule has 2 heterocycles. The minimum absolute atomic E-state index is 0.143. The number of halogens is 5. The van der Waals surface area contributed by atoms with Crippen molar-refractivity contribution in [3.63, 3.8) is 0 Å². The van der Waals surface area contributed by atoms with Crippen LogP contribution < -0.4 is 10.1 Å². The maximum atomic E-state index is 12.5. The van der Waals surface area contributed by atoms with Crippen LogP contribution in [-0.2, 0) is 6.54 Å². The molecular weight excluding hydrogens is 323 g/mol. The highest BCUT2D eigenvalue weighted by molar-refractivity contribution is 5.36. The number of pyridine rings is 1. The molecule has 5 nitrogen and oxygen atoms in total. The fraction of sp³-hybridized carbons (Fsp3) is 0.308. The molecule has 0 saturated carbocycles. The molecule has 0 fully saturated rings. The summed E-state index contributed by atoms with van der Waals surface area (Å²) in [6.07, 6.45) is -4.90. The zero-order chi connectivity index (χ0) is 16.9. The van der Waals surface area contributed by atoms with Gasteiger partial charge < -0.3 is 10.1 Å². The summed E-state index contributed by atoms with van der Waals surface area (Å²) in [5.74, 6) is -0.0116. The van der Waals surface area contributed by atoms with Crippen LogP contribution in [0.15, 0.2) is 30.7 Å². The third kappa shape index (κ3) is 5.64. The van der Waals surface area contributed by atoms with Gasteiger partial charge in [-0.05, 0) is 11.6 Å². The summed E-state index contributed by atoms with van der Waals surface area (Å²) < 4.78 is 65.8. The van der Waals surface area contributed by atoms with Gasteiger partial charge in [0.25, 0.3) is 6.43 Å². The van der Waals surface area contributed by atoms with Crippen molar-refractivity contribution < 1.29 is 26.7 Å². The molecule has 0 saturated heterocycles. The molecular formula is C13H11F5N4O. The molecule has 0 bridgehead atoms.